The highest BCUT2D eigenvalue weighted by Gasteiger charge is 2.15. The molecule has 0 atom stereocenters. The fraction of sp³-hybridized carbons (Fsp3) is 0.211. The number of imidazole rings is 1. The van der Waals surface area contributed by atoms with Crippen LogP contribution in [0.4, 0.5) is 0 Å². The third-order valence-electron chi connectivity index (χ3n) is 4.53. The summed E-state index contributed by atoms with van der Waals surface area (Å²) in [5, 5.41) is 7.50. The van der Waals surface area contributed by atoms with Gasteiger partial charge in [-0.3, -0.25) is 9.48 Å². The molecule has 0 radical (unpaired) electrons. The number of nitrogens with zero attached hydrogens (tertiary/aromatic N) is 6. The third kappa shape index (κ3) is 3.34. The maximum Gasteiger partial charge on any atom is 0.252 e. The largest absolute Gasteiger partial charge is 0.352 e. The summed E-state index contributed by atoms with van der Waals surface area (Å²) >= 11 is 6.30. The van der Waals surface area contributed by atoms with Crippen molar-refractivity contribution in [3.05, 3.63) is 59.3 Å². The van der Waals surface area contributed by atoms with E-state index in [-0.39, 0.29) is 5.91 Å². The fourth-order valence-corrected chi connectivity index (χ4v) is 3.24. The maximum atomic E-state index is 12.5. The number of hydrogen-bond donors (Lipinski definition) is 1. The molecule has 4 aromatic rings. The molecule has 0 aliphatic rings. The third-order valence-corrected chi connectivity index (χ3v) is 4.85. The lowest BCUT2D eigenvalue weighted by molar-refractivity contribution is 0.0953. The zero-order valence-corrected chi connectivity index (χ0v) is 16.2. The van der Waals surface area contributed by atoms with E-state index in [1.807, 2.05) is 42.9 Å². The second kappa shape index (κ2) is 7.40. The number of benzene rings is 1. The molecule has 8 nitrogen and oxygen atoms in total. The van der Waals surface area contributed by atoms with Gasteiger partial charge in [0.15, 0.2) is 5.65 Å². The van der Waals surface area contributed by atoms with Gasteiger partial charge in [0.05, 0.1) is 10.6 Å². The van der Waals surface area contributed by atoms with Gasteiger partial charge in [-0.2, -0.15) is 5.10 Å². The number of fused-ring (bicyclic) bond motifs is 1. The Hall–Kier alpha value is -3.26. The van der Waals surface area contributed by atoms with Gasteiger partial charge in [-0.1, -0.05) is 23.7 Å². The van der Waals surface area contributed by atoms with Gasteiger partial charge >= 0.3 is 0 Å². The smallest absolute Gasteiger partial charge is 0.252 e. The number of carbonyl (C=O) groups is 1. The summed E-state index contributed by atoms with van der Waals surface area (Å²) in [7, 11) is 3.70. The number of amides is 1. The van der Waals surface area contributed by atoms with Crippen LogP contribution in [-0.4, -0.2) is 41.8 Å². The molecule has 142 valence electrons. The number of pyridine rings is 1. The summed E-state index contributed by atoms with van der Waals surface area (Å²) in [5.74, 6) is 1.30. The Bertz CT molecular complexity index is 1160. The van der Waals surface area contributed by atoms with Crippen molar-refractivity contribution in [3.63, 3.8) is 0 Å². The highest BCUT2D eigenvalue weighted by molar-refractivity contribution is 6.33. The zero-order chi connectivity index (χ0) is 19.7. The summed E-state index contributed by atoms with van der Waals surface area (Å²) in [6, 6.07) is 9.24. The summed E-state index contributed by atoms with van der Waals surface area (Å²) in [5.41, 5.74) is 2.59. The average molecular weight is 396 g/mol. The number of aryl methyl sites for hydroxylation is 2. The lowest BCUT2D eigenvalue weighted by Crippen LogP contribution is -2.26. The highest BCUT2D eigenvalue weighted by Crippen LogP contribution is 2.28. The van der Waals surface area contributed by atoms with Crippen LogP contribution in [0.15, 0.2) is 42.9 Å². The van der Waals surface area contributed by atoms with Gasteiger partial charge in [-0.25, -0.2) is 15.0 Å². The molecule has 3 heterocycles. The summed E-state index contributed by atoms with van der Waals surface area (Å²) in [6.07, 6.45) is 3.64. The first-order chi connectivity index (χ1) is 13.5. The molecule has 0 saturated heterocycles. The number of carbonyl (C=O) groups excluding carboxylic acids is 1. The first kappa shape index (κ1) is 18.1. The zero-order valence-electron chi connectivity index (χ0n) is 15.4. The molecular formula is C19H18ClN7O. The molecule has 0 bridgehead atoms. The molecule has 4 rings (SSSR count). The number of nitrogens with one attached hydrogen (secondary N) is 1. The van der Waals surface area contributed by atoms with Gasteiger partial charge in [0, 0.05) is 38.8 Å². The van der Waals surface area contributed by atoms with E-state index in [0.717, 1.165) is 11.4 Å². The Morgan fingerprint density at radius 2 is 2.04 bits per heavy atom. The predicted molar refractivity (Wildman–Crippen MR) is 106 cm³/mol. The van der Waals surface area contributed by atoms with Crippen molar-refractivity contribution >= 4 is 28.7 Å². The van der Waals surface area contributed by atoms with Gasteiger partial charge in [0.1, 0.15) is 23.5 Å². The van der Waals surface area contributed by atoms with E-state index in [2.05, 4.69) is 25.4 Å². The molecular weight excluding hydrogens is 378 g/mol. The molecule has 28 heavy (non-hydrogen) atoms. The van der Waals surface area contributed by atoms with Crippen LogP contribution in [0.3, 0.4) is 0 Å². The molecule has 3 aromatic heterocycles. The Labute approximate surface area is 166 Å². The summed E-state index contributed by atoms with van der Waals surface area (Å²) in [6.45, 7) is 0.455. The van der Waals surface area contributed by atoms with Gasteiger partial charge in [0.2, 0.25) is 0 Å². The Morgan fingerprint density at radius 1 is 1.21 bits per heavy atom. The van der Waals surface area contributed by atoms with Crippen molar-refractivity contribution in [2.75, 3.05) is 6.54 Å². The van der Waals surface area contributed by atoms with Gasteiger partial charge < -0.3 is 9.88 Å². The predicted octanol–water partition coefficient (Wildman–Crippen LogP) is 2.39. The minimum absolute atomic E-state index is 0.207. The molecule has 1 amide bonds. The van der Waals surface area contributed by atoms with Crippen LogP contribution in [0.2, 0.25) is 5.02 Å². The monoisotopic (exact) mass is 395 g/mol. The van der Waals surface area contributed by atoms with Crippen molar-refractivity contribution in [3.8, 4) is 11.4 Å². The van der Waals surface area contributed by atoms with E-state index in [4.69, 9.17) is 11.6 Å². The Morgan fingerprint density at radius 3 is 2.79 bits per heavy atom. The van der Waals surface area contributed by atoms with E-state index < -0.39 is 0 Å². The topological polar surface area (TPSA) is 90.5 Å². The van der Waals surface area contributed by atoms with Crippen LogP contribution in [-0.2, 0) is 20.5 Å². The van der Waals surface area contributed by atoms with Gasteiger partial charge in [0.25, 0.3) is 5.91 Å². The van der Waals surface area contributed by atoms with E-state index in [1.54, 1.807) is 16.9 Å². The van der Waals surface area contributed by atoms with E-state index >= 15 is 0 Å². The van der Waals surface area contributed by atoms with Crippen LogP contribution in [0, 0.1) is 0 Å². The standard InChI is InChI=1S/C19H18ClN7O/c1-26-17(13-5-3-4-6-14(13)20)25-15-9-12(10-22-18(15)26)19(28)21-8-7-16-23-11-24-27(16)2/h3-6,9-11H,7-8H2,1-2H3,(H,21,28). The van der Waals surface area contributed by atoms with Gasteiger partial charge in [-0.15, -0.1) is 0 Å². The number of halogens is 1. The first-order valence-electron chi connectivity index (χ1n) is 8.73. The number of hydrogen-bond acceptors (Lipinski definition) is 5. The quantitative estimate of drug-likeness (QED) is 0.560. The van der Waals surface area contributed by atoms with Crippen LogP contribution in [0.25, 0.3) is 22.6 Å². The number of aromatic nitrogens is 6. The minimum Gasteiger partial charge on any atom is -0.352 e. The SMILES string of the molecule is Cn1ncnc1CCNC(=O)c1cnc2c(c1)nc(-c1ccccc1Cl)n2C. The molecule has 1 aromatic carbocycles. The Balaban J connectivity index is 1.55. The molecule has 1 N–H and O–H groups in total. The fourth-order valence-electron chi connectivity index (χ4n) is 3.02. The summed E-state index contributed by atoms with van der Waals surface area (Å²) in [4.78, 5) is 25.7. The highest BCUT2D eigenvalue weighted by atomic mass is 35.5. The van der Waals surface area contributed by atoms with Crippen LogP contribution in [0.1, 0.15) is 16.2 Å². The normalized spacial score (nSPS) is 11.1. The van der Waals surface area contributed by atoms with Gasteiger partial charge in [-0.05, 0) is 18.2 Å². The molecule has 0 aliphatic heterocycles. The van der Waals surface area contributed by atoms with Crippen LogP contribution < -0.4 is 5.32 Å². The van der Waals surface area contributed by atoms with Crippen molar-refractivity contribution in [2.45, 2.75) is 6.42 Å². The number of rotatable bonds is 5. The van der Waals surface area contributed by atoms with Crippen molar-refractivity contribution in [1.82, 2.24) is 34.6 Å². The molecule has 0 spiro atoms. The molecule has 0 aliphatic carbocycles. The lowest BCUT2D eigenvalue weighted by atomic mass is 10.2. The second-order valence-electron chi connectivity index (χ2n) is 6.35. The van der Waals surface area contributed by atoms with E-state index in [0.29, 0.717) is 40.5 Å². The lowest BCUT2D eigenvalue weighted by Gasteiger charge is -2.05. The first-order valence-corrected chi connectivity index (χ1v) is 9.11. The van der Waals surface area contributed by atoms with Crippen molar-refractivity contribution in [2.24, 2.45) is 14.1 Å². The average Bonchev–Trinajstić information content (AvgIpc) is 3.25. The van der Waals surface area contributed by atoms with E-state index in [9.17, 15) is 4.79 Å². The maximum absolute atomic E-state index is 12.5. The molecule has 0 unspecified atom stereocenters. The summed E-state index contributed by atoms with van der Waals surface area (Å²) < 4.78 is 3.55. The minimum atomic E-state index is -0.207. The van der Waals surface area contributed by atoms with Crippen LogP contribution >= 0.6 is 11.6 Å². The molecule has 0 fully saturated rings. The second-order valence-corrected chi connectivity index (χ2v) is 6.75. The Kier molecular flexibility index (Phi) is 4.79. The molecule has 0 saturated carbocycles. The van der Waals surface area contributed by atoms with E-state index in [1.165, 1.54) is 6.33 Å². The van der Waals surface area contributed by atoms with Crippen LogP contribution in [0.5, 0.6) is 0 Å². The van der Waals surface area contributed by atoms with Crippen molar-refractivity contribution < 1.29 is 4.79 Å². The molecule has 9 heteroatoms. The van der Waals surface area contributed by atoms with Crippen molar-refractivity contribution in [1.29, 1.82) is 0 Å².